The number of para-hydroxylation sites is 1. The molecule has 296 valence electrons. The van der Waals surface area contributed by atoms with Gasteiger partial charge in [0.05, 0.1) is 25.7 Å². The van der Waals surface area contributed by atoms with E-state index in [1.54, 1.807) is 14.0 Å². The Balaban J connectivity index is 1.36. The molecule has 2 aromatic carbocycles. The van der Waals surface area contributed by atoms with Crippen LogP contribution in [0.4, 0.5) is 5.69 Å². The van der Waals surface area contributed by atoms with Crippen LogP contribution < -0.4 is 9.64 Å². The van der Waals surface area contributed by atoms with Crippen LogP contribution in [0.2, 0.25) is 0 Å². The van der Waals surface area contributed by atoms with E-state index in [0.717, 1.165) is 58.5 Å². The third kappa shape index (κ3) is 4.59. The van der Waals surface area contributed by atoms with Gasteiger partial charge in [0.25, 0.3) is 0 Å². The maximum Gasteiger partial charge on any atom is 0.344 e. The highest BCUT2D eigenvalue weighted by molar-refractivity contribution is 5.97. The first-order chi connectivity index (χ1) is 26.8. The number of benzene rings is 2. The number of anilines is 1. The van der Waals surface area contributed by atoms with Crippen LogP contribution >= 0.6 is 0 Å². The summed E-state index contributed by atoms with van der Waals surface area (Å²) in [5, 5.41) is 14.4. The molecule has 6 aliphatic rings. The number of ketones is 1. The molecule has 11 nitrogen and oxygen atoms in total. The Morgan fingerprint density at radius 2 is 1.82 bits per heavy atom. The van der Waals surface area contributed by atoms with E-state index < -0.39 is 45.9 Å². The van der Waals surface area contributed by atoms with Crippen molar-refractivity contribution in [1.29, 1.82) is 0 Å². The van der Waals surface area contributed by atoms with Gasteiger partial charge in [-0.3, -0.25) is 19.4 Å². The Morgan fingerprint density at radius 1 is 1.04 bits per heavy atom. The van der Waals surface area contributed by atoms with Gasteiger partial charge < -0.3 is 29.2 Å². The summed E-state index contributed by atoms with van der Waals surface area (Å²) in [7, 11) is 4.83. The van der Waals surface area contributed by atoms with Crippen LogP contribution in [0.3, 0.4) is 0 Å². The second-order valence-electron chi connectivity index (χ2n) is 17.2. The molecule has 3 aromatic rings. The van der Waals surface area contributed by atoms with Crippen molar-refractivity contribution in [2.24, 2.45) is 11.3 Å². The number of carbonyl (C=O) groups is 3. The summed E-state index contributed by atoms with van der Waals surface area (Å²) in [6.45, 7) is 11.1. The van der Waals surface area contributed by atoms with Crippen molar-refractivity contribution in [3.63, 3.8) is 0 Å². The van der Waals surface area contributed by atoms with E-state index in [1.807, 2.05) is 31.0 Å². The molecular formula is C45H54N4O7. The van der Waals surface area contributed by atoms with E-state index in [2.05, 4.69) is 64.2 Å². The average Bonchev–Trinajstić information content (AvgIpc) is 3.84. The van der Waals surface area contributed by atoms with Gasteiger partial charge in [-0.1, -0.05) is 55.8 Å². The molecule has 5 aliphatic heterocycles. The van der Waals surface area contributed by atoms with Crippen LogP contribution in [0, 0.1) is 11.3 Å². The van der Waals surface area contributed by atoms with E-state index in [9.17, 15) is 14.7 Å². The van der Waals surface area contributed by atoms with E-state index in [4.69, 9.17) is 14.2 Å². The Bertz CT molecular complexity index is 2230. The number of likely N-dealkylation sites (N-methyl/N-ethyl adjacent to an activating group) is 1. The zero-order valence-corrected chi connectivity index (χ0v) is 33.6. The van der Waals surface area contributed by atoms with E-state index in [0.29, 0.717) is 44.6 Å². The minimum atomic E-state index is -2.25. The third-order valence-corrected chi connectivity index (χ3v) is 14.8. The Morgan fingerprint density at radius 3 is 2.52 bits per heavy atom. The first kappa shape index (κ1) is 37.1. The SMILES string of the molecule is CCC1=CC2CN(C1)Cc1c([nH]c3ccccc13)[C@@](C(C)=O)(c1cc3c(cc1OC)N(C)[C@H]1C(O)(C(=O)OC)[C@H](OC(C)=O)[C@]4(CC)C=CCN5CCC31[C@@H]54)C2. The van der Waals surface area contributed by atoms with Crippen LogP contribution in [-0.2, 0) is 41.2 Å². The van der Waals surface area contributed by atoms with Crippen molar-refractivity contribution in [3.05, 3.63) is 82.6 Å². The number of H-pyrrole nitrogens is 1. The quantitative estimate of drug-likeness (QED) is 0.246. The molecule has 1 aliphatic carbocycles. The minimum Gasteiger partial charge on any atom is -0.496 e. The summed E-state index contributed by atoms with van der Waals surface area (Å²) in [6, 6.07) is 11.4. The van der Waals surface area contributed by atoms with Gasteiger partial charge in [-0.25, -0.2) is 4.79 Å². The van der Waals surface area contributed by atoms with Gasteiger partial charge in [-0.05, 0) is 68.3 Å². The number of aromatic amines is 1. The maximum atomic E-state index is 15.0. The number of rotatable bonds is 7. The monoisotopic (exact) mass is 762 g/mol. The highest BCUT2D eigenvalue weighted by Crippen LogP contribution is 2.68. The third-order valence-electron chi connectivity index (χ3n) is 14.8. The van der Waals surface area contributed by atoms with E-state index in [-0.39, 0.29) is 17.7 Å². The topological polar surface area (TPSA) is 125 Å². The average molecular weight is 763 g/mol. The number of fused-ring (bicyclic) bond motifs is 6. The molecule has 1 saturated heterocycles. The van der Waals surface area contributed by atoms with Gasteiger partial charge in [0.1, 0.15) is 11.5 Å². The van der Waals surface area contributed by atoms with Crippen LogP contribution in [0.25, 0.3) is 10.9 Å². The molecule has 1 saturated carbocycles. The van der Waals surface area contributed by atoms with Crippen molar-refractivity contribution in [1.82, 2.24) is 14.8 Å². The number of esters is 2. The number of aromatic nitrogens is 1. The van der Waals surface area contributed by atoms with Gasteiger partial charge in [0, 0.05) is 90.9 Å². The normalized spacial score (nSPS) is 35.4. The summed E-state index contributed by atoms with van der Waals surface area (Å²) in [5.41, 5.74) is 1.81. The number of nitrogens with one attached hydrogen (secondary N) is 1. The first-order valence-corrected chi connectivity index (χ1v) is 20.2. The number of hydrogen-bond donors (Lipinski definition) is 2. The molecule has 11 heteroatoms. The molecule has 4 unspecified atom stereocenters. The van der Waals surface area contributed by atoms with Crippen molar-refractivity contribution >= 4 is 34.3 Å². The van der Waals surface area contributed by atoms with Crippen LogP contribution in [-0.4, -0.2) is 109 Å². The molecule has 6 heterocycles. The van der Waals surface area contributed by atoms with Gasteiger partial charge in [0.15, 0.2) is 6.10 Å². The molecule has 9 atom stereocenters. The summed E-state index contributed by atoms with van der Waals surface area (Å²) in [6.07, 6.45) is 7.95. The predicted molar refractivity (Wildman–Crippen MR) is 213 cm³/mol. The maximum absolute atomic E-state index is 15.0. The lowest BCUT2D eigenvalue weighted by molar-refractivity contribution is -0.228. The number of nitrogens with zero attached hydrogens (tertiary/aromatic N) is 3. The fourth-order valence-electron chi connectivity index (χ4n) is 12.9. The van der Waals surface area contributed by atoms with E-state index >= 15 is 4.79 Å². The van der Waals surface area contributed by atoms with Crippen LogP contribution in [0.1, 0.15) is 75.8 Å². The number of Topliss-reactive ketones (excluding diaryl/α,β-unsaturated/α-hetero) is 1. The molecule has 0 radical (unpaired) electrons. The Kier molecular flexibility index (Phi) is 8.48. The molecule has 1 aromatic heterocycles. The number of carbonyl (C=O) groups excluding carboxylic acids is 3. The highest BCUT2D eigenvalue weighted by Gasteiger charge is 2.80. The molecule has 1 spiro atoms. The molecule has 2 fully saturated rings. The van der Waals surface area contributed by atoms with Crippen molar-refractivity contribution in [2.45, 2.75) is 94.5 Å². The van der Waals surface area contributed by atoms with Gasteiger partial charge in [-0.15, -0.1) is 0 Å². The molecule has 9 rings (SSSR count). The first-order valence-electron chi connectivity index (χ1n) is 20.2. The highest BCUT2D eigenvalue weighted by atomic mass is 16.6. The lowest BCUT2D eigenvalue weighted by Gasteiger charge is -2.63. The lowest BCUT2D eigenvalue weighted by Crippen LogP contribution is -2.81. The van der Waals surface area contributed by atoms with Crippen molar-refractivity contribution in [2.75, 3.05) is 52.3 Å². The van der Waals surface area contributed by atoms with Gasteiger partial charge >= 0.3 is 11.9 Å². The zero-order valence-electron chi connectivity index (χ0n) is 33.6. The number of ether oxygens (including phenoxy) is 3. The molecule has 0 amide bonds. The summed E-state index contributed by atoms with van der Waals surface area (Å²) >= 11 is 0. The Labute approximate surface area is 328 Å². The second-order valence-corrected chi connectivity index (χ2v) is 17.2. The largest absolute Gasteiger partial charge is 0.496 e. The summed E-state index contributed by atoms with van der Waals surface area (Å²) in [4.78, 5) is 53.1. The van der Waals surface area contributed by atoms with Crippen molar-refractivity contribution < 1.29 is 33.7 Å². The predicted octanol–water partition coefficient (Wildman–Crippen LogP) is 5.17. The fourth-order valence-corrected chi connectivity index (χ4v) is 12.9. The minimum absolute atomic E-state index is 0.0237. The van der Waals surface area contributed by atoms with Gasteiger partial charge in [-0.2, -0.15) is 0 Å². The standard InChI is InChI=1S/C45H54N4O7/c1-8-28-19-29-22-44(26(3)50,37-31(25-48(23-28)24-29)30-13-10-11-14-34(30)46-37)33-20-32-35(21-36(33)54-6)47(5)39-43(32)16-18-49-17-12-15-42(9-2,38(43)49)40(56-27(4)51)45(39,53)41(52)55-7/h10-15,19-21,29,38-40,46,53H,8-9,16-18,22-25H2,1-7H3/t29?,38-,39+,40+,42+,43?,44-,45?/m0/s1. The Hall–Kier alpha value is -4.45. The summed E-state index contributed by atoms with van der Waals surface area (Å²) in [5.74, 6) is -0.721. The van der Waals surface area contributed by atoms with E-state index in [1.165, 1.54) is 19.6 Å². The van der Waals surface area contributed by atoms with Crippen LogP contribution in [0.5, 0.6) is 5.75 Å². The lowest BCUT2D eigenvalue weighted by atomic mass is 9.47. The zero-order chi connectivity index (χ0) is 39.5. The molecular weight excluding hydrogens is 709 g/mol. The van der Waals surface area contributed by atoms with Crippen molar-refractivity contribution in [3.8, 4) is 5.75 Å². The number of aliphatic hydroxyl groups is 1. The number of methoxy groups -OCH3 is 2. The summed E-state index contributed by atoms with van der Waals surface area (Å²) < 4.78 is 18.0. The molecule has 2 N–H and O–H groups in total. The second kappa shape index (κ2) is 12.8. The number of hydrogen-bond acceptors (Lipinski definition) is 10. The molecule has 2 bridgehead atoms. The fraction of sp³-hybridized carbons (Fsp3) is 0.533. The smallest absolute Gasteiger partial charge is 0.344 e. The van der Waals surface area contributed by atoms with Crippen LogP contribution in [0.15, 0.2) is 60.2 Å². The molecule has 56 heavy (non-hydrogen) atoms. The van der Waals surface area contributed by atoms with Gasteiger partial charge in [0.2, 0.25) is 5.60 Å².